The van der Waals surface area contributed by atoms with Crippen molar-refractivity contribution in [3.05, 3.63) is 0 Å². The van der Waals surface area contributed by atoms with Crippen molar-refractivity contribution in [1.82, 2.24) is 4.90 Å². The van der Waals surface area contributed by atoms with E-state index in [-0.39, 0.29) is 0 Å². The lowest BCUT2D eigenvalue weighted by molar-refractivity contribution is -0.126. The van der Waals surface area contributed by atoms with E-state index in [1.54, 1.807) is 4.90 Å². The molecule has 78 valence electrons. The SMILES string of the molecule is CN1CCCC1=O.NOP(=O)(O)O. The van der Waals surface area contributed by atoms with E-state index in [1.165, 1.54) is 0 Å². The van der Waals surface area contributed by atoms with E-state index in [0.717, 1.165) is 19.4 Å². The predicted octanol–water partition coefficient (Wildman–Crippen LogP) is -0.792. The Morgan fingerprint density at radius 2 is 2.08 bits per heavy atom. The smallest absolute Gasteiger partial charge is 0.346 e. The average Bonchev–Trinajstić information content (AvgIpc) is 2.36. The van der Waals surface area contributed by atoms with Crippen LogP contribution >= 0.6 is 7.82 Å². The van der Waals surface area contributed by atoms with Crippen LogP contribution in [0, 0.1) is 0 Å². The number of hydrogen-bond acceptors (Lipinski definition) is 4. The Morgan fingerprint density at radius 1 is 1.62 bits per heavy atom. The van der Waals surface area contributed by atoms with Gasteiger partial charge in [0.1, 0.15) is 0 Å². The number of rotatable bonds is 1. The highest BCUT2D eigenvalue weighted by Gasteiger charge is 2.14. The molecule has 8 heteroatoms. The molecule has 0 unspecified atom stereocenters. The standard InChI is InChI=1S/C5H9NO.H4NO4P/c1-6-4-2-3-5(6)7;1-5-6(2,3)4/h2-4H2,1H3;1H2,(H2,2,3,4). The summed E-state index contributed by atoms with van der Waals surface area (Å²) in [5.74, 6) is 4.33. The van der Waals surface area contributed by atoms with E-state index in [2.05, 4.69) is 10.5 Å². The lowest BCUT2D eigenvalue weighted by Crippen LogP contribution is -2.17. The number of amides is 1. The third-order valence-electron chi connectivity index (χ3n) is 1.45. The van der Waals surface area contributed by atoms with E-state index in [0.29, 0.717) is 5.91 Å². The maximum Gasteiger partial charge on any atom is 0.485 e. The fourth-order valence-electron chi connectivity index (χ4n) is 0.783. The molecule has 4 N–H and O–H groups in total. The van der Waals surface area contributed by atoms with E-state index in [1.807, 2.05) is 7.05 Å². The van der Waals surface area contributed by atoms with Gasteiger partial charge in [0.25, 0.3) is 0 Å². The van der Waals surface area contributed by atoms with Gasteiger partial charge in [-0.2, -0.15) is 0 Å². The molecule has 0 aliphatic carbocycles. The monoisotopic (exact) mass is 212 g/mol. The third kappa shape index (κ3) is 6.68. The van der Waals surface area contributed by atoms with Crippen LogP contribution in [-0.2, 0) is 14.0 Å². The molecular formula is C5H13N2O5P. The van der Waals surface area contributed by atoms with Gasteiger partial charge in [0.15, 0.2) is 0 Å². The van der Waals surface area contributed by atoms with Crippen molar-refractivity contribution >= 4 is 13.7 Å². The van der Waals surface area contributed by atoms with Crippen molar-refractivity contribution in [2.75, 3.05) is 13.6 Å². The fraction of sp³-hybridized carbons (Fsp3) is 0.800. The molecule has 1 amide bonds. The van der Waals surface area contributed by atoms with Crippen LogP contribution in [0.3, 0.4) is 0 Å². The van der Waals surface area contributed by atoms with Gasteiger partial charge in [-0.3, -0.25) is 4.79 Å². The fourth-order valence-corrected chi connectivity index (χ4v) is 0.783. The lowest BCUT2D eigenvalue weighted by Gasteiger charge is -2.03. The summed E-state index contributed by atoms with van der Waals surface area (Å²) >= 11 is 0. The highest BCUT2D eigenvalue weighted by molar-refractivity contribution is 7.46. The Labute approximate surface area is 75.7 Å². The number of nitrogens with two attached hydrogens (primary N) is 1. The Morgan fingerprint density at radius 3 is 2.15 bits per heavy atom. The number of carbonyl (C=O) groups excluding carboxylic acids is 1. The number of nitrogens with zero attached hydrogens (tertiary/aromatic N) is 1. The van der Waals surface area contributed by atoms with Crippen molar-refractivity contribution in [2.45, 2.75) is 12.8 Å². The van der Waals surface area contributed by atoms with Gasteiger partial charge >= 0.3 is 7.82 Å². The van der Waals surface area contributed by atoms with Crippen molar-refractivity contribution in [3.63, 3.8) is 0 Å². The molecule has 1 aliphatic heterocycles. The summed E-state index contributed by atoms with van der Waals surface area (Å²) in [7, 11) is -2.53. The third-order valence-corrected chi connectivity index (χ3v) is 1.72. The van der Waals surface area contributed by atoms with E-state index >= 15 is 0 Å². The first kappa shape index (κ1) is 12.5. The highest BCUT2D eigenvalue weighted by atomic mass is 31.2. The average molecular weight is 212 g/mol. The first-order chi connectivity index (χ1) is 5.87. The minimum Gasteiger partial charge on any atom is -0.346 e. The molecule has 1 heterocycles. The van der Waals surface area contributed by atoms with Crippen molar-refractivity contribution in [2.24, 2.45) is 5.90 Å². The van der Waals surface area contributed by atoms with Gasteiger partial charge in [-0.15, -0.1) is 0 Å². The van der Waals surface area contributed by atoms with Crippen LogP contribution in [-0.4, -0.2) is 34.2 Å². The minimum atomic E-state index is -4.37. The van der Waals surface area contributed by atoms with E-state index in [9.17, 15) is 9.36 Å². The number of carbonyl (C=O) groups is 1. The predicted molar refractivity (Wildman–Crippen MR) is 44.2 cm³/mol. The quantitative estimate of drug-likeness (QED) is 0.387. The van der Waals surface area contributed by atoms with Crippen LogP contribution in [0.2, 0.25) is 0 Å². The van der Waals surface area contributed by atoms with E-state index < -0.39 is 7.82 Å². The maximum absolute atomic E-state index is 10.5. The molecule has 0 saturated carbocycles. The van der Waals surface area contributed by atoms with Crippen molar-refractivity contribution in [3.8, 4) is 0 Å². The van der Waals surface area contributed by atoms with Crippen molar-refractivity contribution < 1.29 is 23.8 Å². The molecule has 0 bridgehead atoms. The molecule has 0 aromatic rings. The Kier molecular flexibility index (Phi) is 5.12. The highest BCUT2D eigenvalue weighted by Crippen LogP contribution is 2.32. The normalized spacial score (nSPS) is 16.9. The van der Waals surface area contributed by atoms with Crippen LogP contribution in [0.4, 0.5) is 0 Å². The van der Waals surface area contributed by atoms with Crippen LogP contribution in [0.1, 0.15) is 12.8 Å². The Bertz CT molecular complexity index is 215. The topological polar surface area (TPSA) is 113 Å². The minimum absolute atomic E-state index is 0.292. The molecule has 1 fully saturated rings. The van der Waals surface area contributed by atoms with Crippen LogP contribution in [0.15, 0.2) is 0 Å². The molecule has 0 atom stereocenters. The summed E-state index contributed by atoms with van der Waals surface area (Å²) in [5.41, 5.74) is 0. The van der Waals surface area contributed by atoms with Gasteiger partial charge in [0.2, 0.25) is 5.91 Å². The second-order valence-electron chi connectivity index (χ2n) is 2.51. The van der Waals surface area contributed by atoms with Crippen molar-refractivity contribution in [1.29, 1.82) is 0 Å². The summed E-state index contributed by atoms with van der Waals surface area (Å²) in [4.78, 5) is 27.4. The van der Waals surface area contributed by atoms with Gasteiger partial charge in [0.05, 0.1) is 0 Å². The molecule has 0 radical (unpaired) electrons. The lowest BCUT2D eigenvalue weighted by atomic mass is 10.4. The Hall–Kier alpha value is -0.460. The Balaban J connectivity index is 0.000000226. The second kappa shape index (κ2) is 5.31. The van der Waals surface area contributed by atoms with Gasteiger partial charge in [0, 0.05) is 20.0 Å². The zero-order chi connectivity index (χ0) is 10.5. The summed E-state index contributed by atoms with van der Waals surface area (Å²) in [6, 6.07) is 0. The molecule has 0 spiro atoms. The largest absolute Gasteiger partial charge is 0.485 e. The molecular weight excluding hydrogens is 199 g/mol. The zero-order valence-corrected chi connectivity index (χ0v) is 8.11. The molecule has 13 heavy (non-hydrogen) atoms. The maximum atomic E-state index is 10.5. The van der Waals surface area contributed by atoms with Gasteiger partial charge in [-0.05, 0) is 6.42 Å². The molecule has 0 aromatic carbocycles. The first-order valence-corrected chi connectivity index (χ1v) is 5.08. The first-order valence-electron chi connectivity index (χ1n) is 3.55. The summed E-state index contributed by atoms with van der Waals surface area (Å²) < 4.78 is 12.5. The number of hydrogen-bond donors (Lipinski definition) is 3. The summed E-state index contributed by atoms with van der Waals surface area (Å²) in [6.45, 7) is 0.957. The van der Waals surface area contributed by atoms with E-state index in [4.69, 9.17) is 9.79 Å². The molecule has 7 nitrogen and oxygen atoms in total. The van der Waals surface area contributed by atoms with Crippen LogP contribution in [0.5, 0.6) is 0 Å². The molecule has 1 aliphatic rings. The number of phosphoric acid groups is 1. The van der Waals surface area contributed by atoms with Gasteiger partial charge in [-0.25, -0.2) is 15.1 Å². The number of likely N-dealkylation sites (tertiary alicyclic amines) is 1. The molecule has 1 rings (SSSR count). The summed E-state index contributed by atoms with van der Waals surface area (Å²) in [6.07, 6.45) is 1.81. The van der Waals surface area contributed by atoms with Gasteiger partial charge in [-0.1, -0.05) is 0 Å². The summed E-state index contributed by atoms with van der Waals surface area (Å²) in [5, 5.41) is 0. The zero-order valence-electron chi connectivity index (χ0n) is 7.21. The molecule has 1 saturated heterocycles. The van der Waals surface area contributed by atoms with Crippen LogP contribution in [0.25, 0.3) is 0 Å². The second-order valence-corrected chi connectivity index (χ2v) is 3.71. The molecule has 0 aromatic heterocycles. The van der Waals surface area contributed by atoms with Crippen LogP contribution < -0.4 is 5.90 Å². The van der Waals surface area contributed by atoms with Gasteiger partial charge < -0.3 is 14.7 Å².